The van der Waals surface area contributed by atoms with Crippen LogP contribution >= 0.6 is 43.2 Å². The van der Waals surface area contributed by atoms with Crippen LogP contribution < -0.4 is 5.32 Å². The summed E-state index contributed by atoms with van der Waals surface area (Å²) in [7, 11) is 0. The summed E-state index contributed by atoms with van der Waals surface area (Å²) < 4.78 is 1.87. The number of halogens is 2. The second kappa shape index (κ2) is 6.06. The fraction of sp³-hybridized carbons (Fsp3) is 0.615. The SMILES string of the molecule is CCC1CCC(NC(=O)c2cc(Br)sc2Br)C1C. The van der Waals surface area contributed by atoms with Gasteiger partial charge in [0.1, 0.15) is 0 Å². The Morgan fingerprint density at radius 3 is 2.72 bits per heavy atom. The standard InChI is InChI=1S/C13H17Br2NOS/c1-3-8-4-5-10(7(8)2)16-13(17)9-6-11(14)18-12(9)15/h6-8,10H,3-5H2,1-2H3,(H,16,17). The maximum Gasteiger partial charge on any atom is 0.253 e. The Morgan fingerprint density at radius 1 is 1.50 bits per heavy atom. The molecule has 1 N–H and O–H groups in total. The summed E-state index contributed by atoms with van der Waals surface area (Å²) in [4.78, 5) is 12.2. The van der Waals surface area contributed by atoms with Gasteiger partial charge in [0, 0.05) is 6.04 Å². The summed E-state index contributed by atoms with van der Waals surface area (Å²) in [5, 5.41) is 3.18. The quantitative estimate of drug-likeness (QED) is 0.781. The summed E-state index contributed by atoms with van der Waals surface area (Å²) in [5.74, 6) is 1.38. The van der Waals surface area contributed by atoms with E-state index in [4.69, 9.17) is 0 Å². The number of rotatable bonds is 3. The van der Waals surface area contributed by atoms with Crippen LogP contribution in [0.25, 0.3) is 0 Å². The zero-order valence-electron chi connectivity index (χ0n) is 10.5. The topological polar surface area (TPSA) is 29.1 Å². The number of hydrogen-bond acceptors (Lipinski definition) is 2. The van der Waals surface area contributed by atoms with Crippen LogP contribution in [0.3, 0.4) is 0 Å². The minimum atomic E-state index is 0.0393. The van der Waals surface area contributed by atoms with E-state index < -0.39 is 0 Å². The van der Waals surface area contributed by atoms with Crippen LogP contribution in [0, 0.1) is 11.8 Å². The normalized spacial score (nSPS) is 27.4. The van der Waals surface area contributed by atoms with Crippen LogP contribution in [0.5, 0.6) is 0 Å². The Morgan fingerprint density at radius 2 is 2.22 bits per heavy atom. The minimum Gasteiger partial charge on any atom is -0.349 e. The van der Waals surface area contributed by atoms with Crippen molar-refractivity contribution in [3.8, 4) is 0 Å². The molecule has 1 aliphatic rings. The predicted molar refractivity (Wildman–Crippen MR) is 83.2 cm³/mol. The van der Waals surface area contributed by atoms with Crippen molar-refractivity contribution in [1.82, 2.24) is 5.32 Å². The molecule has 1 aliphatic carbocycles. The van der Waals surface area contributed by atoms with Gasteiger partial charge in [-0.05, 0) is 62.6 Å². The third kappa shape index (κ3) is 2.99. The molecule has 0 aliphatic heterocycles. The van der Waals surface area contributed by atoms with Crippen LogP contribution in [0.2, 0.25) is 0 Å². The molecule has 1 heterocycles. The smallest absolute Gasteiger partial charge is 0.253 e. The molecule has 0 bridgehead atoms. The molecule has 1 saturated carbocycles. The molecule has 2 nitrogen and oxygen atoms in total. The van der Waals surface area contributed by atoms with Gasteiger partial charge in [-0.25, -0.2) is 0 Å². The first-order chi connectivity index (χ1) is 8.52. The molecule has 3 atom stereocenters. The number of carbonyl (C=O) groups excluding carboxylic acids is 1. The first-order valence-electron chi connectivity index (χ1n) is 6.28. The lowest BCUT2D eigenvalue weighted by Crippen LogP contribution is -2.37. The van der Waals surface area contributed by atoms with E-state index in [1.807, 2.05) is 6.07 Å². The van der Waals surface area contributed by atoms with E-state index in [0.29, 0.717) is 12.0 Å². The molecule has 5 heteroatoms. The molecular formula is C13H17Br2NOS. The number of hydrogen-bond donors (Lipinski definition) is 1. The van der Waals surface area contributed by atoms with Crippen molar-refractivity contribution < 1.29 is 4.79 Å². The number of carbonyl (C=O) groups is 1. The van der Waals surface area contributed by atoms with Crippen molar-refractivity contribution in [3.63, 3.8) is 0 Å². The third-order valence-corrected chi connectivity index (χ3v) is 6.31. The number of amides is 1. The van der Waals surface area contributed by atoms with Crippen LogP contribution in [-0.4, -0.2) is 11.9 Å². The third-order valence-electron chi connectivity index (χ3n) is 3.97. The summed E-state index contributed by atoms with van der Waals surface area (Å²) >= 11 is 8.37. The molecule has 1 aromatic rings. The minimum absolute atomic E-state index is 0.0393. The van der Waals surface area contributed by atoms with Gasteiger partial charge < -0.3 is 5.32 Å². The van der Waals surface area contributed by atoms with Crippen LogP contribution in [0.15, 0.2) is 13.6 Å². The zero-order chi connectivity index (χ0) is 13.3. The van der Waals surface area contributed by atoms with E-state index in [9.17, 15) is 4.79 Å². The van der Waals surface area contributed by atoms with E-state index in [2.05, 4.69) is 51.0 Å². The Bertz CT molecular complexity index is 446. The second-order valence-corrected chi connectivity index (χ2v) is 8.67. The van der Waals surface area contributed by atoms with Gasteiger partial charge >= 0.3 is 0 Å². The Labute approximate surface area is 129 Å². The molecule has 0 aromatic carbocycles. The van der Waals surface area contributed by atoms with Crippen molar-refractivity contribution in [2.24, 2.45) is 11.8 Å². The van der Waals surface area contributed by atoms with Crippen molar-refractivity contribution in [3.05, 3.63) is 19.2 Å². The lowest BCUT2D eigenvalue weighted by Gasteiger charge is -2.20. The molecule has 1 aromatic heterocycles. The maximum atomic E-state index is 12.2. The molecular weight excluding hydrogens is 378 g/mol. The number of thiophene rings is 1. The van der Waals surface area contributed by atoms with Crippen LogP contribution in [0.4, 0.5) is 0 Å². The molecule has 18 heavy (non-hydrogen) atoms. The highest BCUT2D eigenvalue weighted by Crippen LogP contribution is 2.35. The van der Waals surface area contributed by atoms with Gasteiger partial charge in [0.05, 0.1) is 13.1 Å². The first-order valence-corrected chi connectivity index (χ1v) is 8.68. The van der Waals surface area contributed by atoms with Gasteiger partial charge in [-0.15, -0.1) is 11.3 Å². The summed E-state index contributed by atoms with van der Waals surface area (Å²) in [5.41, 5.74) is 0.735. The average molecular weight is 395 g/mol. The van der Waals surface area contributed by atoms with Crippen LogP contribution in [-0.2, 0) is 0 Å². The van der Waals surface area contributed by atoms with Gasteiger partial charge in [0.15, 0.2) is 0 Å². The fourth-order valence-corrected chi connectivity index (χ4v) is 5.56. The molecule has 3 unspecified atom stereocenters. The Kier molecular flexibility index (Phi) is 4.89. The number of nitrogens with one attached hydrogen (secondary N) is 1. The largest absolute Gasteiger partial charge is 0.349 e. The molecule has 1 fully saturated rings. The average Bonchev–Trinajstić information content (AvgIpc) is 2.83. The molecule has 0 radical (unpaired) electrons. The van der Waals surface area contributed by atoms with E-state index in [1.54, 1.807) is 0 Å². The van der Waals surface area contributed by atoms with E-state index >= 15 is 0 Å². The molecule has 0 saturated heterocycles. The predicted octanol–water partition coefficient (Wildman–Crippen LogP) is 4.83. The fourth-order valence-electron chi connectivity index (χ4n) is 2.77. The Balaban J connectivity index is 2.02. The lowest BCUT2D eigenvalue weighted by atomic mass is 9.93. The van der Waals surface area contributed by atoms with Crippen LogP contribution in [0.1, 0.15) is 43.5 Å². The van der Waals surface area contributed by atoms with Gasteiger partial charge in [-0.3, -0.25) is 4.79 Å². The molecule has 0 spiro atoms. The maximum absolute atomic E-state index is 12.2. The molecule has 2 rings (SSSR count). The van der Waals surface area contributed by atoms with E-state index in [-0.39, 0.29) is 5.91 Å². The van der Waals surface area contributed by atoms with Crippen molar-refractivity contribution in [2.75, 3.05) is 0 Å². The van der Waals surface area contributed by atoms with Gasteiger partial charge in [-0.1, -0.05) is 20.3 Å². The molecule has 100 valence electrons. The zero-order valence-corrected chi connectivity index (χ0v) is 14.5. The monoisotopic (exact) mass is 393 g/mol. The van der Waals surface area contributed by atoms with E-state index in [0.717, 1.165) is 25.5 Å². The Hall–Kier alpha value is 0.130. The summed E-state index contributed by atoms with van der Waals surface area (Å²) in [6, 6.07) is 2.20. The first kappa shape index (κ1) is 14.5. The highest BCUT2D eigenvalue weighted by molar-refractivity contribution is 9.12. The lowest BCUT2D eigenvalue weighted by molar-refractivity contribution is 0.0926. The summed E-state index contributed by atoms with van der Waals surface area (Å²) in [6.07, 6.45) is 3.55. The molecule has 1 amide bonds. The van der Waals surface area contributed by atoms with Crippen molar-refractivity contribution in [1.29, 1.82) is 0 Å². The van der Waals surface area contributed by atoms with Gasteiger partial charge in [-0.2, -0.15) is 0 Å². The van der Waals surface area contributed by atoms with Crippen molar-refractivity contribution in [2.45, 2.75) is 39.2 Å². The van der Waals surface area contributed by atoms with E-state index in [1.165, 1.54) is 24.2 Å². The summed E-state index contributed by atoms with van der Waals surface area (Å²) in [6.45, 7) is 4.49. The van der Waals surface area contributed by atoms with Gasteiger partial charge in [0.2, 0.25) is 0 Å². The highest BCUT2D eigenvalue weighted by Gasteiger charge is 2.32. The highest BCUT2D eigenvalue weighted by atomic mass is 79.9. The van der Waals surface area contributed by atoms with Crippen molar-refractivity contribution >= 4 is 49.1 Å². The second-order valence-electron chi connectivity index (χ2n) is 4.92. The van der Waals surface area contributed by atoms with Gasteiger partial charge in [0.25, 0.3) is 5.91 Å².